The quantitative estimate of drug-likeness (QED) is 0.802. The fourth-order valence-electron chi connectivity index (χ4n) is 5.10. The van der Waals surface area contributed by atoms with Crippen LogP contribution in [0.3, 0.4) is 0 Å². The van der Waals surface area contributed by atoms with Crippen molar-refractivity contribution in [1.29, 1.82) is 5.26 Å². The second kappa shape index (κ2) is 6.29. The molecular formula is C19H33NO. The van der Waals surface area contributed by atoms with Gasteiger partial charge in [0.25, 0.3) is 0 Å². The standard InChI is InChI=1S/C19H33NO/c1-14(2)16-8-11-18(13-20,12-9-16)19(21)10-6-5-7-17(19)15(3)4/h14-17,21H,5-12H2,1-4H3. The van der Waals surface area contributed by atoms with E-state index in [0.29, 0.717) is 17.8 Å². The minimum atomic E-state index is -0.754. The average molecular weight is 291 g/mol. The molecule has 2 fully saturated rings. The topological polar surface area (TPSA) is 44.0 Å². The van der Waals surface area contributed by atoms with Crippen molar-refractivity contribution >= 4 is 0 Å². The lowest BCUT2D eigenvalue weighted by Crippen LogP contribution is -2.57. The van der Waals surface area contributed by atoms with Gasteiger partial charge in [-0.2, -0.15) is 5.26 Å². The molecule has 2 aliphatic rings. The maximum absolute atomic E-state index is 11.6. The van der Waals surface area contributed by atoms with Crippen LogP contribution in [0, 0.1) is 40.4 Å². The Balaban J connectivity index is 2.25. The van der Waals surface area contributed by atoms with Gasteiger partial charge in [0.15, 0.2) is 0 Å². The second-order valence-corrected chi connectivity index (χ2v) is 8.30. The van der Waals surface area contributed by atoms with Crippen molar-refractivity contribution in [2.45, 2.75) is 84.7 Å². The summed E-state index contributed by atoms with van der Waals surface area (Å²) in [6, 6.07) is 2.62. The van der Waals surface area contributed by atoms with Crippen LogP contribution in [-0.2, 0) is 0 Å². The molecule has 0 spiro atoms. The van der Waals surface area contributed by atoms with Crippen LogP contribution in [0.25, 0.3) is 0 Å². The zero-order valence-electron chi connectivity index (χ0n) is 14.4. The summed E-state index contributed by atoms with van der Waals surface area (Å²) >= 11 is 0. The Morgan fingerprint density at radius 2 is 1.57 bits per heavy atom. The lowest BCUT2D eigenvalue weighted by atomic mass is 9.52. The zero-order valence-corrected chi connectivity index (χ0v) is 14.4. The third kappa shape index (κ3) is 2.87. The summed E-state index contributed by atoms with van der Waals surface area (Å²) in [6.07, 6.45) is 8.22. The van der Waals surface area contributed by atoms with Gasteiger partial charge in [0.05, 0.1) is 17.1 Å². The molecule has 0 bridgehead atoms. The molecule has 120 valence electrons. The molecule has 0 heterocycles. The van der Waals surface area contributed by atoms with E-state index in [2.05, 4.69) is 33.8 Å². The van der Waals surface area contributed by atoms with Crippen LogP contribution >= 0.6 is 0 Å². The predicted octanol–water partition coefficient (Wildman–Crippen LogP) is 4.92. The Bertz CT molecular complexity index is 387. The highest BCUT2D eigenvalue weighted by Gasteiger charge is 2.57. The van der Waals surface area contributed by atoms with Crippen molar-refractivity contribution in [2.24, 2.45) is 29.1 Å². The third-order valence-electron chi connectivity index (χ3n) is 6.61. The fraction of sp³-hybridized carbons (Fsp3) is 0.947. The van der Waals surface area contributed by atoms with Crippen LogP contribution in [-0.4, -0.2) is 10.7 Å². The van der Waals surface area contributed by atoms with Crippen LogP contribution in [0.1, 0.15) is 79.1 Å². The molecule has 0 saturated heterocycles. The van der Waals surface area contributed by atoms with E-state index < -0.39 is 11.0 Å². The van der Waals surface area contributed by atoms with E-state index in [4.69, 9.17) is 0 Å². The molecule has 0 aliphatic heterocycles. The number of nitrogens with zero attached hydrogens (tertiary/aromatic N) is 1. The molecule has 0 aromatic rings. The monoisotopic (exact) mass is 291 g/mol. The molecule has 2 saturated carbocycles. The molecule has 2 unspecified atom stereocenters. The lowest BCUT2D eigenvalue weighted by molar-refractivity contribution is -0.153. The van der Waals surface area contributed by atoms with E-state index >= 15 is 0 Å². The first-order valence-electron chi connectivity index (χ1n) is 9.00. The molecule has 0 aromatic heterocycles. The summed E-state index contributed by atoms with van der Waals surface area (Å²) in [5, 5.41) is 21.6. The van der Waals surface area contributed by atoms with Crippen LogP contribution < -0.4 is 0 Å². The maximum Gasteiger partial charge on any atom is 0.0863 e. The SMILES string of the molecule is CC(C)C1CCC(C#N)(C2(O)CCCCC2C(C)C)CC1. The first kappa shape index (κ1) is 16.8. The van der Waals surface area contributed by atoms with Gasteiger partial charge >= 0.3 is 0 Å². The smallest absolute Gasteiger partial charge is 0.0863 e. The molecule has 2 aliphatic carbocycles. The molecular weight excluding hydrogens is 258 g/mol. The summed E-state index contributed by atoms with van der Waals surface area (Å²) in [5.41, 5.74) is -1.25. The van der Waals surface area contributed by atoms with Crippen LogP contribution in [0.4, 0.5) is 0 Å². The van der Waals surface area contributed by atoms with E-state index in [-0.39, 0.29) is 0 Å². The summed E-state index contributed by atoms with van der Waals surface area (Å²) < 4.78 is 0. The minimum Gasteiger partial charge on any atom is -0.388 e. The van der Waals surface area contributed by atoms with Gasteiger partial charge in [0.1, 0.15) is 0 Å². The number of hydrogen-bond donors (Lipinski definition) is 1. The van der Waals surface area contributed by atoms with Gasteiger partial charge in [-0.3, -0.25) is 0 Å². The van der Waals surface area contributed by atoms with Crippen molar-refractivity contribution in [3.05, 3.63) is 0 Å². The van der Waals surface area contributed by atoms with Gasteiger partial charge in [0.2, 0.25) is 0 Å². The zero-order chi connectivity index (χ0) is 15.7. The Hall–Kier alpha value is -0.550. The van der Waals surface area contributed by atoms with Crippen molar-refractivity contribution < 1.29 is 5.11 Å². The summed E-state index contributed by atoms with van der Waals surface area (Å²) in [7, 11) is 0. The van der Waals surface area contributed by atoms with Crippen molar-refractivity contribution in [3.8, 4) is 6.07 Å². The lowest BCUT2D eigenvalue weighted by Gasteiger charge is -2.54. The Kier molecular flexibility index (Phi) is 5.03. The molecule has 0 aromatic carbocycles. The molecule has 0 amide bonds. The Labute approximate surface area is 130 Å². The highest BCUT2D eigenvalue weighted by Crippen LogP contribution is 2.56. The van der Waals surface area contributed by atoms with Gasteiger partial charge in [0, 0.05) is 0 Å². The predicted molar refractivity (Wildman–Crippen MR) is 86.6 cm³/mol. The molecule has 1 N–H and O–H groups in total. The number of nitriles is 1. The van der Waals surface area contributed by atoms with Gasteiger partial charge in [-0.05, 0) is 62.2 Å². The van der Waals surface area contributed by atoms with Gasteiger partial charge < -0.3 is 5.11 Å². The van der Waals surface area contributed by atoms with E-state index in [9.17, 15) is 10.4 Å². The third-order valence-corrected chi connectivity index (χ3v) is 6.61. The minimum absolute atomic E-state index is 0.293. The van der Waals surface area contributed by atoms with Crippen LogP contribution in [0.15, 0.2) is 0 Å². The molecule has 2 rings (SSSR count). The van der Waals surface area contributed by atoms with Crippen molar-refractivity contribution in [2.75, 3.05) is 0 Å². The Morgan fingerprint density at radius 1 is 0.952 bits per heavy atom. The highest BCUT2D eigenvalue weighted by atomic mass is 16.3. The maximum atomic E-state index is 11.6. The molecule has 0 radical (unpaired) electrons. The summed E-state index contributed by atoms with van der Waals surface area (Å²) in [5.74, 6) is 2.18. The molecule has 21 heavy (non-hydrogen) atoms. The summed E-state index contributed by atoms with van der Waals surface area (Å²) in [6.45, 7) is 9.00. The van der Waals surface area contributed by atoms with E-state index in [1.54, 1.807) is 0 Å². The van der Waals surface area contributed by atoms with E-state index in [1.165, 1.54) is 6.42 Å². The normalized spacial score (nSPS) is 41.2. The molecule has 2 nitrogen and oxygen atoms in total. The van der Waals surface area contributed by atoms with E-state index in [0.717, 1.165) is 50.9 Å². The number of rotatable bonds is 3. The Morgan fingerprint density at radius 3 is 2.05 bits per heavy atom. The van der Waals surface area contributed by atoms with Crippen molar-refractivity contribution in [3.63, 3.8) is 0 Å². The van der Waals surface area contributed by atoms with Gasteiger partial charge in [-0.15, -0.1) is 0 Å². The summed E-state index contributed by atoms with van der Waals surface area (Å²) in [4.78, 5) is 0. The van der Waals surface area contributed by atoms with Gasteiger partial charge in [-0.1, -0.05) is 40.5 Å². The molecule has 2 heteroatoms. The first-order valence-corrected chi connectivity index (χ1v) is 9.00. The van der Waals surface area contributed by atoms with Crippen molar-refractivity contribution in [1.82, 2.24) is 0 Å². The number of aliphatic hydroxyl groups is 1. The van der Waals surface area contributed by atoms with E-state index in [1.807, 2.05) is 0 Å². The second-order valence-electron chi connectivity index (χ2n) is 8.30. The highest BCUT2D eigenvalue weighted by molar-refractivity contribution is 5.16. The van der Waals surface area contributed by atoms with Gasteiger partial charge in [-0.25, -0.2) is 0 Å². The fourth-order valence-corrected chi connectivity index (χ4v) is 5.10. The van der Waals surface area contributed by atoms with Crippen LogP contribution in [0.5, 0.6) is 0 Å². The average Bonchev–Trinajstić information content (AvgIpc) is 2.47. The molecule has 2 atom stereocenters. The largest absolute Gasteiger partial charge is 0.388 e. The first-order chi connectivity index (χ1) is 9.86. The number of hydrogen-bond acceptors (Lipinski definition) is 2. The van der Waals surface area contributed by atoms with Crippen LogP contribution in [0.2, 0.25) is 0 Å².